The fourth-order valence-corrected chi connectivity index (χ4v) is 5.94. The van der Waals surface area contributed by atoms with E-state index in [0.717, 1.165) is 35.4 Å². The van der Waals surface area contributed by atoms with Crippen molar-refractivity contribution in [2.75, 3.05) is 5.32 Å². The topological polar surface area (TPSA) is 54.0 Å². The number of halogens is 4. The predicted molar refractivity (Wildman–Crippen MR) is 131 cm³/mol. The van der Waals surface area contributed by atoms with Crippen LogP contribution in [0.2, 0.25) is 5.02 Å². The van der Waals surface area contributed by atoms with E-state index in [0.29, 0.717) is 32.9 Å². The number of carbonyl (C=O) groups is 1. The summed E-state index contributed by atoms with van der Waals surface area (Å²) >= 11 is 7.81. The highest BCUT2D eigenvalue weighted by molar-refractivity contribution is 7.21. The highest BCUT2D eigenvalue weighted by atomic mass is 35.5. The quantitative estimate of drug-likeness (QED) is 0.308. The van der Waals surface area contributed by atoms with Crippen LogP contribution < -0.4 is 10.6 Å². The Bertz CT molecular complexity index is 1370. The summed E-state index contributed by atoms with van der Waals surface area (Å²) in [4.78, 5) is 17.2. The lowest BCUT2D eigenvalue weighted by Crippen LogP contribution is -2.41. The number of pyridine rings is 1. The number of aromatic nitrogens is 1. The molecule has 1 amide bonds. The molecule has 5 rings (SSSR count). The zero-order chi connectivity index (χ0) is 23.9. The second-order valence-electron chi connectivity index (χ2n) is 8.49. The number of carbonyl (C=O) groups excluding carboxylic acids is 1. The minimum absolute atomic E-state index is 0.0798. The number of para-hydroxylation sites is 1. The maximum atomic E-state index is 13.4. The molecule has 0 unspecified atom stereocenters. The summed E-state index contributed by atoms with van der Waals surface area (Å²) in [5.74, 6) is -0.217. The van der Waals surface area contributed by atoms with Crippen molar-refractivity contribution in [3.63, 3.8) is 0 Å². The average molecular weight is 504 g/mol. The molecule has 2 atom stereocenters. The number of nitrogens with zero attached hydrogens (tertiary/aromatic N) is 1. The van der Waals surface area contributed by atoms with Gasteiger partial charge in [-0.3, -0.25) is 4.79 Å². The molecule has 2 heterocycles. The van der Waals surface area contributed by atoms with E-state index < -0.39 is 11.9 Å². The van der Waals surface area contributed by atoms with E-state index in [1.54, 1.807) is 24.3 Å². The van der Waals surface area contributed by atoms with Crippen LogP contribution in [0.4, 0.5) is 18.9 Å². The second kappa shape index (κ2) is 9.07. The normalized spacial score (nSPS) is 18.8. The summed E-state index contributed by atoms with van der Waals surface area (Å²) in [6.45, 7) is 0. The molecular weight excluding hydrogens is 483 g/mol. The number of amides is 1. The third-order valence-electron chi connectivity index (χ3n) is 6.12. The monoisotopic (exact) mass is 503 g/mol. The predicted octanol–water partition coefficient (Wildman–Crippen LogP) is 7.27. The van der Waals surface area contributed by atoms with Gasteiger partial charge in [-0.15, -0.1) is 11.3 Å². The Kier molecular flexibility index (Phi) is 6.12. The Morgan fingerprint density at radius 3 is 2.50 bits per heavy atom. The van der Waals surface area contributed by atoms with Gasteiger partial charge < -0.3 is 10.6 Å². The first-order valence-corrected chi connectivity index (χ1v) is 12.2. The van der Waals surface area contributed by atoms with Gasteiger partial charge >= 0.3 is 6.18 Å². The zero-order valence-corrected chi connectivity index (χ0v) is 19.5. The molecule has 4 nitrogen and oxygen atoms in total. The SMILES string of the molecule is O=C(N[C@@H]1CCC[C@H](Nc2cc(C(F)(F)F)nc3ccccc23)C1)c1sc2ccccc2c1Cl. The molecule has 1 aliphatic rings. The summed E-state index contributed by atoms with van der Waals surface area (Å²) in [7, 11) is 0. The van der Waals surface area contributed by atoms with Crippen LogP contribution in [-0.4, -0.2) is 23.0 Å². The molecule has 4 aromatic rings. The largest absolute Gasteiger partial charge is 0.433 e. The lowest BCUT2D eigenvalue weighted by molar-refractivity contribution is -0.140. The summed E-state index contributed by atoms with van der Waals surface area (Å²) in [5, 5.41) is 8.32. The van der Waals surface area contributed by atoms with Gasteiger partial charge in [0, 0.05) is 33.2 Å². The minimum atomic E-state index is -4.53. The van der Waals surface area contributed by atoms with Gasteiger partial charge in [-0.05, 0) is 43.9 Å². The third-order valence-corrected chi connectivity index (χ3v) is 7.79. The number of hydrogen-bond acceptors (Lipinski definition) is 4. The molecule has 1 fully saturated rings. The molecule has 0 bridgehead atoms. The molecule has 0 saturated heterocycles. The van der Waals surface area contributed by atoms with Crippen molar-refractivity contribution in [1.29, 1.82) is 0 Å². The maximum Gasteiger partial charge on any atom is 0.433 e. The van der Waals surface area contributed by atoms with Crippen LogP contribution in [0, 0.1) is 0 Å². The van der Waals surface area contributed by atoms with Gasteiger partial charge in [0.2, 0.25) is 0 Å². The Hall–Kier alpha value is -2.84. The Balaban J connectivity index is 1.33. The Morgan fingerprint density at radius 2 is 1.74 bits per heavy atom. The highest BCUT2D eigenvalue weighted by Gasteiger charge is 2.34. The van der Waals surface area contributed by atoms with Crippen LogP contribution in [0.5, 0.6) is 0 Å². The average Bonchev–Trinajstić information content (AvgIpc) is 3.15. The molecule has 0 radical (unpaired) electrons. The van der Waals surface area contributed by atoms with Gasteiger partial charge in [-0.1, -0.05) is 48.0 Å². The first-order valence-electron chi connectivity index (χ1n) is 11.0. The van der Waals surface area contributed by atoms with Crippen LogP contribution in [-0.2, 0) is 6.18 Å². The number of alkyl halides is 3. The molecule has 9 heteroatoms. The van der Waals surface area contributed by atoms with Gasteiger partial charge in [-0.25, -0.2) is 4.98 Å². The smallest absolute Gasteiger partial charge is 0.382 e. The van der Waals surface area contributed by atoms with Crippen molar-refractivity contribution >= 4 is 55.5 Å². The van der Waals surface area contributed by atoms with Crippen molar-refractivity contribution in [3.05, 3.63) is 70.2 Å². The van der Waals surface area contributed by atoms with Gasteiger partial charge in [0.15, 0.2) is 0 Å². The lowest BCUT2D eigenvalue weighted by atomic mass is 9.90. The number of hydrogen-bond donors (Lipinski definition) is 2. The van der Waals surface area contributed by atoms with Crippen molar-refractivity contribution in [1.82, 2.24) is 10.3 Å². The van der Waals surface area contributed by atoms with Gasteiger partial charge in [0.25, 0.3) is 5.91 Å². The number of anilines is 1. The number of rotatable bonds is 4. The molecule has 1 saturated carbocycles. The summed E-state index contributed by atoms with van der Waals surface area (Å²) in [5.41, 5.74) is -0.226. The molecular formula is C25H21ClF3N3OS. The highest BCUT2D eigenvalue weighted by Crippen LogP contribution is 2.36. The van der Waals surface area contributed by atoms with Gasteiger partial charge in [-0.2, -0.15) is 13.2 Å². The fourth-order valence-electron chi connectivity index (χ4n) is 4.52. The first kappa shape index (κ1) is 22.9. The zero-order valence-electron chi connectivity index (χ0n) is 18.0. The number of benzene rings is 2. The van der Waals surface area contributed by atoms with E-state index in [4.69, 9.17) is 11.6 Å². The third kappa shape index (κ3) is 4.57. The van der Waals surface area contributed by atoms with Crippen LogP contribution in [0.15, 0.2) is 54.6 Å². The summed E-state index contributed by atoms with van der Waals surface area (Å²) < 4.78 is 41.2. The van der Waals surface area contributed by atoms with E-state index >= 15 is 0 Å². The molecule has 2 aromatic carbocycles. The number of thiophene rings is 1. The van der Waals surface area contributed by atoms with Gasteiger partial charge in [0.05, 0.1) is 10.5 Å². The fraction of sp³-hybridized carbons (Fsp3) is 0.280. The van der Waals surface area contributed by atoms with Crippen LogP contribution in [0.3, 0.4) is 0 Å². The van der Waals surface area contributed by atoms with Crippen LogP contribution in [0.1, 0.15) is 41.0 Å². The summed E-state index contributed by atoms with van der Waals surface area (Å²) in [6, 6.07) is 15.3. The first-order chi connectivity index (χ1) is 16.3. The standard InChI is InChI=1S/C25H21ClF3N3OS/c26-22-17-9-2-4-11-20(17)34-23(22)24(33)31-15-7-5-6-14(12-15)30-19-13-21(25(27,28)29)32-18-10-3-1-8-16(18)19/h1-4,8-11,13-15H,5-7,12H2,(H,30,32)(H,31,33)/t14-,15+/m0/s1. The summed E-state index contributed by atoms with van der Waals surface area (Å²) in [6.07, 6.45) is -1.48. The molecule has 0 aliphatic heterocycles. The van der Waals surface area contributed by atoms with Gasteiger partial charge in [0.1, 0.15) is 10.6 Å². The van der Waals surface area contributed by atoms with Crippen molar-refractivity contribution in [2.45, 2.75) is 43.9 Å². The number of fused-ring (bicyclic) bond motifs is 2. The molecule has 1 aliphatic carbocycles. The maximum absolute atomic E-state index is 13.4. The van der Waals surface area contributed by atoms with Crippen molar-refractivity contribution in [3.8, 4) is 0 Å². The van der Waals surface area contributed by atoms with E-state index in [9.17, 15) is 18.0 Å². The Labute approximate surface area is 203 Å². The minimum Gasteiger partial charge on any atom is -0.382 e. The van der Waals surface area contributed by atoms with Crippen LogP contribution in [0.25, 0.3) is 21.0 Å². The molecule has 2 aromatic heterocycles. The van der Waals surface area contributed by atoms with E-state index in [1.165, 1.54) is 11.3 Å². The van der Waals surface area contributed by atoms with Crippen molar-refractivity contribution in [2.24, 2.45) is 0 Å². The van der Waals surface area contributed by atoms with E-state index in [1.807, 2.05) is 24.3 Å². The molecule has 2 N–H and O–H groups in total. The molecule has 176 valence electrons. The molecule has 0 spiro atoms. The Morgan fingerprint density at radius 1 is 1.03 bits per heavy atom. The molecule has 34 heavy (non-hydrogen) atoms. The van der Waals surface area contributed by atoms with E-state index in [2.05, 4.69) is 15.6 Å². The van der Waals surface area contributed by atoms with Crippen LogP contribution >= 0.6 is 22.9 Å². The lowest BCUT2D eigenvalue weighted by Gasteiger charge is -2.31. The van der Waals surface area contributed by atoms with Crippen molar-refractivity contribution < 1.29 is 18.0 Å². The number of nitrogens with one attached hydrogen (secondary N) is 2. The van der Waals surface area contributed by atoms with E-state index in [-0.39, 0.29) is 18.0 Å². The second-order valence-corrected chi connectivity index (χ2v) is 9.92.